The number of fused-ring (bicyclic) bond motifs is 2. The summed E-state index contributed by atoms with van der Waals surface area (Å²) in [5.74, 6) is 0.170. The Morgan fingerprint density at radius 3 is 2.31 bits per heavy atom. The van der Waals surface area contributed by atoms with Crippen molar-refractivity contribution < 1.29 is 13.2 Å². The minimum Gasteiger partial charge on any atom is -0.352 e. The van der Waals surface area contributed by atoms with Crippen molar-refractivity contribution in [3.05, 3.63) is 42.1 Å². The van der Waals surface area contributed by atoms with E-state index in [1.807, 2.05) is 15.6 Å². The number of hydrogen-bond acceptors (Lipinski definition) is 7. The second-order valence-corrected chi connectivity index (χ2v) is 8.82. The van der Waals surface area contributed by atoms with Gasteiger partial charge in [-0.2, -0.15) is 22.8 Å². The number of piperazine rings is 1. The molecule has 4 aromatic heterocycles. The molecule has 5 rings (SSSR count). The van der Waals surface area contributed by atoms with E-state index in [4.69, 9.17) is 0 Å². The molecule has 0 atom stereocenters. The number of anilines is 2. The van der Waals surface area contributed by atoms with Crippen molar-refractivity contribution in [2.45, 2.75) is 32.4 Å². The summed E-state index contributed by atoms with van der Waals surface area (Å²) in [6.07, 6.45) is -1.06. The maximum atomic E-state index is 13.2. The third-order valence-corrected chi connectivity index (χ3v) is 5.54. The fourth-order valence-electron chi connectivity index (χ4n) is 3.79. The van der Waals surface area contributed by atoms with Crippen LogP contribution in [0, 0.1) is 0 Å². The molecule has 0 spiro atoms. The van der Waals surface area contributed by atoms with E-state index in [9.17, 15) is 13.2 Å². The van der Waals surface area contributed by atoms with Crippen molar-refractivity contribution in [1.82, 2.24) is 34.4 Å². The summed E-state index contributed by atoms with van der Waals surface area (Å²) in [6, 6.07) is 5.24. The highest BCUT2D eigenvalue weighted by atomic mass is 19.4. The lowest BCUT2D eigenvalue weighted by Crippen LogP contribution is -2.47. The summed E-state index contributed by atoms with van der Waals surface area (Å²) in [4.78, 5) is 8.70. The van der Waals surface area contributed by atoms with E-state index in [1.165, 1.54) is 6.07 Å². The zero-order valence-electron chi connectivity index (χ0n) is 17.9. The second-order valence-electron chi connectivity index (χ2n) is 8.82. The molecule has 0 bridgehead atoms. The van der Waals surface area contributed by atoms with Gasteiger partial charge in [-0.15, -0.1) is 15.3 Å². The lowest BCUT2D eigenvalue weighted by Gasteiger charge is -2.36. The molecule has 1 fully saturated rings. The summed E-state index contributed by atoms with van der Waals surface area (Å²) >= 11 is 0. The van der Waals surface area contributed by atoms with Crippen molar-refractivity contribution >= 4 is 22.8 Å². The van der Waals surface area contributed by atoms with Crippen molar-refractivity contribution in [3.8, 4) is 0 Å². The fraction of sp³-hybridized carbons (Fsp3) is 0.450. The molecule has 0 aromatic carbocycles. The van der Waals surface area contributed by atoms with Gasteiger partial charge in [-0.25, -0.2) is 9.50 Å². The van der Waals surface area contributed by atoms with Gasteiger partial charge < -0.3 is 9.80 Å². The molecule has 32 heavy (non-hydrogen) atoms. The normalized spacial score (nSPS) is 15.8. The predicted molar refractivity (Wildman–Crippen MR) is 112 cm³/mol. The molecule has 0 radical (unpaired) electrons. The maximum Gasteiger partial charge on any atom is 0.453 e. The van der Waals surface area contributed by atoms with Crippen LogP contribution in [0.5, 0.6) is 0 Å². The summed E-state index contributed by atoms with van der Waals surface area (Å²) in [5.41, 5.74) is 1.90. The largest absolute Gasteiger partial charge is 0.453 e. The third kappa shape index (κ3) is 3.49. The molecule has 12 heteroatoms. The van der Waals surface area contributed by atoms with Gasteiger partial charge in [-0.05, 0) is 18.2 Å². The molecule has 0 amide bonds. The monoisotopic (exact) mass is 445 g/mol. The third-order valence-electron chi connectivity index (χ3n) is 5.54. The van der Waals surface area contributed by atoms with Gasteiger partial charge in [0.1, 0.15) is 11.3 Å². The standard InChI is InChI=1S/C20H22F3N9/c1-19(2,3)14-12-13-17(24-6-7-31(13)27-14)30-10-8-29(9-11-30)16-5-4-15-25-26-18(20(21,22)23)32(15)28-16/h4-7,12H,8-11H2,1-3H3. The lowest BCUT2D eigenvalue weighted by atomic mass is 9.92. The van der Waals surface area contributed by atoms with Crippen LogP contribution in [-0.2, 0) is 11.6 Å². The van der Waals surface area contributed by atoms with Gasteiger partial charge in [0.05, 0.1) is 5.69 Å². The second kappa shape index (κ2) is 7.04. The number of halogens is 3. The van der Waals surface area contributed by atoms with Gasteiger partial charge in [-0.1, -0.05) is 20.8 Å². The molecule has 1 aliphatic heterocycles. The first kappa shape index (κ1) is 20.5. The van der Waals surface area contributed by atoms with E-state index in [2.05, 4.69) is 57.1 Å². The van der Waals surface area contributed by atoms with Gasteiger partial charge in [0.2, 0.25) is 0 Å². The van der Waals surface area contributed by atoms with Gasteiger partial charge in [0.25, 0.3) is 5.82 Å². The molecule has 0 unspecified atom stereocenters. The van der Waals surface area contributed by atoms with Gasteiger partial charge >= 0.3 is 6.18 Å². The van der Waals surface area contributed by atoms with Crippen molar-refractivity contribution in [2.75, 3.05) is 36.0 Å². The zero-order valence-corrected chi connectivity index (χ0v) is 17.9. The topological polar surface area (TPSA) is 79.8 Å². The average Bonchev–Trinajstić information content (AvgIpc) is 3.37. The molecular weight excluding hydrogens is 423 g/mol. The van der Waals surface area contributed by atoms with E-state index in [0.717, 1.165) is 21.5 Å². The highest BCUT2D eigenvalue weighted by Gasteiger charge is 2.38. The molecule has 168 valence electrons. The van der Waals surface area contributed by atoms with Crippen LogP contribution < -0.4 is 9.80 Å². The molecule has 5 heterocycles. The van der Waals surface area contributed by atoms with E-state index < -0.39 is 12.0 Å². The summed E-state index contributed by atoms with van der Waals surface area (Å²) in [5, 5.41) is 15.6. The van der Waals surface area contributed by atoms with Gasteiger partial charge in [0.15, 0.2) is 11.5 Å². The maximum absolute atomic E-state index is 13.2. The Labute approximate surface area is 181 Å². The van der Waals surface area contributed by atoms with E-state index in [0.29, 0.717) is 32.0 Å². The van der Waals surface area contributed by atoms with Crippen LogP contribution in [0.4, 0.5) is 24.8 Å². The average molecular weight is 445 g/mol. The Morgan fingerprint density at radius 1 is 0.906 bits per heavy atom. The van der Waals surface area contributed by atoms with Crippen LogP contribution in [0.3, 0.4) is 0 Å². The van der Waals surface area contributed by atoms with Gasteiger partial charge in [0, 0.05) is 44.0 Å². The zero-order chi connectivity index (χ0) is 22.7. The first-order chi connectivity index (χ1) is 15.1. The van der Waals surface area contributed by atoms with E-state index >= 15 is 0 Å². The Balaban J connectivity index is 1.38. The molecular formula is C20H22F3N9. The highest BCUT2D eigenvalue weighted by Crippen LogP contribution is 2.29. The predicted octanol–water partition coefficient (Wildman–Crippen LogP) is 2.81. The Hall–Kier alpha value is -3.44. The van der Waals surface area contributed by atoms with Crippen molar-refractivity contribution in [2.24, 2.45) is 0 Å². The molecule has 9 nitrogen and oxygen atoms in total. The fourth-order valence-corrected chi connectivity index (χ4v) is 3.79. The van der Waals surface area contributed by atoms with E-state index in [1.54, 1.807) is 12.3 Å². The molecule has 1 aliphatic rings. The molecule has 4 aromatic rings. The van der Waals surface area contributed by atoms with Crippen LogP contribution in [0.1, 0.15) is 32.3 Å². The van der Waals surface area contributed by atoms with Crippen LogP contribution in [0.2, 0.25) is 0 Å². The number of hydrogen-bond donors (Lipinski definition) is 0. The quantitative estimate of drug-likeness (QED) is 0.469. The van der Waals surface area contributed by atoms with Crippen LogP contribution in [-0.4, -0.2) is 60.6 Å². The molecule has 0 aliphatic carbocycles. The SMILES string of the molecule is CC(C)(C)c1cc2c(N3CCN(c4ccc5nnc(C(F)(F)F)n5n4)CC3)nccn2n1. The first-order valence-corrected chi connectivity index (χ1v) is 10.3. The van der Waals surface area contributed by atoms with Crippen molar-refractivity contribution in [1.29, 1.82) is 0 Å². The van der Waals surface area contributed by atoms with Gasteiger partial charge in [-0.3, -0.25) is 0 Å². The lowest BCUT2D eigenvalue weighted by molar-refractivity contribution is -0.146. The number of aromatic nitrogens is 7. The first-order valence-electron chi connectivity index (χ1n) is 10.3. The Bertz CT molecular complexity index is 1280. The summed E-state index contributed by atoms with van der Waals surface area (Å²) in [6.45, 7) is 8.82. The number of alkyl halides is 3. The summed E-state index contributed by atoms with van der Waals surface area (Å²) in [7, 11) is 0. The Morgan fingerprint density at radius 2 is 1.62 bits per heavy atom. The molecule has 0 N–H and O–H groups in total. The molecule has 1 saturated heterocycles. The highest BCUT2D eigenvalue weighted by molar-refractivity contribution is 5.70. The minimum absolute atomic E-state index is 0.0611. The van der Waals surface area contributed by atoms with Crippen LogP contribution >= 0.6 is 0 Å². The van der Waals surface area contributed by atoms with E-state index in [-0.39, 0.29) is 11.1 Å². The number of rotatable bonds is 2. The van der Waals surface area contributed by atoms with Crippen LogP contribution in [0.25, 0.3) is 11.2 Å². The van der Waals surface area contributed by atoms with Crippen molar-refractivity contribution in [3.63, 3.8) is 0 Å². The smallest absolute Gasteiger partial charge is 0.352 e. The number of nitrogens with zero attached hydrogens (tertiary/aromatic N) is 9. The minimum atomic E-state index is -4.62. The summed E-state index contributed by atoms with van der Waals surface area (Å²) < 4.78 is 42.1. The molecule has 0 saturated carbocycles. The Kier molecular flexibility index (Phi) is 4.50. The van der Waals surface area contributed by atoms with Crippen LogP contribution in [0.15, 0.2) is 30.6 Å².